The minimum atomic E-state index is -0.697. The summed E-state index contributed by atoms with van der Waals surface area (Å²) in [4.78, 5) is 26.7. The van der Waals surface area contributed by atoms with E-state index in [1.807, 2.05) is 42.8 Å². The van der Waals surface area contributed by atoms with Crippen LogP contribution in [0.1, 0.15) is 66.3 Å². The molecule has 11 nitrogen and oxygen atoms in total. The number of β-amino-alcohol motifs (C(OH)–C–C–N with tert-alkyl or cyclic N) is 1. The Hall–Kier alpha value is -4.04. The predicted molar refractivity (Wildman–Crippen MR) is 144 cm³/mol. The van der Waals surface area contributed by atoms with Crippen molar-refractivity contribution >= 4 is 29.4 Å². The summed E-state index contributed by atoms with van der Waals surface area (Å²) in [5.41, 5.74) is 3.35. The zero-order chi connectivity index (χ0) is 27.0. The molecule has 2 aliphatic rings. The van der Waals surface area contributed by atoms with Gasteiger partial charge in [-0.15, -0.1) is 0 Å². The summed E-state index contributed by atoms with van der Waals surface area (Å²) in [5.74, 6) is 0.757. The number of pyridine rings is 1. The average Bonchev–Trinajstić information content (AvgIpc) is 3.50. The van der Waals surface area contributed by atoms with Gasteiger partial charge in [0.1, 0.15) is 11.6 Å². The number of likely N-dealkylation sites (tertiary alicyclic amines) is 1. The summed E-state index contributed by atoms with van der Waals surface area (Å²) in [6.45, 7) is 7.35. The lowest BCUT2D eigenvalue weighted by molar-refractivity contribution is 0.0605. The summed E-state index contributed by atoms with van der Waals surface area (Å²) in [5, 5.41) is 35.3. The summed E-state index contributed by atoms with van der Waals surface area (Å²) >= 11 is 0. The van der Waals surface area contributed by atoms with Crippen molar-refractivity contribution in [1.82, 2.24) is 24.5 Å². The van der Waals surface area contributed by atoms with Crippen molar-refractivity contribution in [1.29, 1.82) is 10.7 Å². The van der Waals surface area contributed by atoms with Crippen LogP contribution in [0.4, 0.5) is 11.6 Å². The molecule has 3 unspecified atom stereocenters. The third kappa shape index (κ3) is 4.79. The fourth-order valence-electron chi connectivity index (χ4n) is 5.34. The molecule has 3 N–H and O–H groups in total. The van der Waals surface area contributed by atoms with Gasteiger partial charge in [0.15, 0.2) is 5.65 Å². The SMILES string of the molecule is Cc1cn2nc(C3CCCCN3C(=O)c3cnc(NC(C)C)c(C=N)c3)cc2nc1N1CC(O)C(C#N)C1. The van der Waals surface area contributed by atoms with Crippen molar-refractivity contribution in [3.05, 3.63) is 46.9 Å². The molecule has 1 amide bonds. The molecule has 0 saturated carbocycles. The predicted octanol–water partition coefficient (Wildman–Crippen LogP) is 2.94. The Morgan fingerprint density at radius 3 is 2.84 bits per heavy atom. The number of piperidine rings is 1. The van der Waals surface area contributed by atoms with Crippen LogP contribution >= 0.6 is 0 Å². The van der Waals surface area contributed by atoms with E-state index < -0.39 is 12.0 Å². The monoisotopic (exact) mass is 515 g/mol. The lowest BCUT2D eigenvalue weighted by Gasteiger charge is -2.34. The van der Waals surface area contributed by atoms with Gasteiger partial charge >= 0.3 is 0 Å². The van der Waals surface area contributed by atoms with Gasteiger partial charge in [0.2, 0.25) is 0 Å². The molecular weight excluding hydrogens is 482 g/mol. The number of fused-ring (bicyclic) bond motifs is 1. The van der Waals surface area contributed by atoms with Crippen LogP contribution in [0, 0.1) is 29.6 Å². The number of nitrogens with zero attached hydrogens (tertiary/aromatic N) is 7. The first-order chi connectivity index (χ1) is 18.3. The molecule has 11 heteroatoms. The third-order valence-corrected chi connectivity index (χ3v) is 7.23. The normalized spacial score (nSPS) is 21.6. The highest BCUT2D eigenvalue weighted by molar-refractivity contribution is 5.97. The highest BCUT2D eigenvalue weighted by Gasteiger charge is 2.34. The molecule has 5 rings (SSSR count). The maximum atomic E-state index is 13.7. The summed E-state index contributed by atoms with van der Waals surface area (Å²) < 4.78 is 1.74. The summed E-state index contributed by atoms with van der Waals surface area (Å²) in [6.07, 6.45) is 6.69. The van der Waals surface area contributed by atoms with Crippen LogP contribution in [0.3, 0.4) is 0 Å². The van der Waals surface area contributed by atoms with Crippen LogP contribution in [0.25, 0.3) is 5.65 Å². The Labute approximate surface area is 221 Å². The van der Waals surface area contributed by atoms with E-state index in [0.717, 1.165) is 36.3 Å². The van der Waals surface area contributed by atoms with Crippen LogP contribution < -0.4 is 10.2 Å². The number of aryl methyl sites for hydroxylation is 1. The van der Waals surface area contributed by atoms with Gasteiger partial charge in [0, 0.05) is 61.5 Å². The lowest BCUT2D eigenvalue weighted by Crippen LogP contribution is -2.38. The van der Waals surface area contributed by atoms with E-state index >= 15 is 0 Å². The van der Waals surface area contributed by atoms with Crippen LogP contribution in [0.5, 0.6) is 0 Å². The minimum Gasteiger partial charge on any atom is -0.390 e. The number of carbonyl (C=O) groups excluding carboxylic acids is 1. The molecule has 0 bridgehead atoms. The highest BCUT2D eigenvalue weighted by atomic mass is 16.3. The maximum Gasteiger partial charge on any atom is 0.256 e. The molecule has 0 aliphatic carbocycles. The molecule has 0 spiro atoms. The van der Waals surface area contributed by atoms with Crippen LogP contribution in [-0.4, -0.2) is 73.5 Å². The van der Waals surface area contributed by atoms with Gasteiger partial charge in [0.05, 0.1) is 35.4 Å². The van der Waals surface area contributed by atoms with Gasteiger partial charge in [0.25, 0.3) is 5.91 Å². The standard InChI is InChI=1S/C27H33N9O2/c1-16(2)31-25-18(10-28)8-19(12-30-25)27(38)35-7-5-4-6-22(35)21-9-24-32-26(17(3)13-36(24)33-21)34-14-20(11-29)23(37)15-34/h8-10,12-13,16,20,22-23,28,37H,4-7,14-15H2,1-3H3,(H,30,31). The molecule has 3 aromatic heterocycles. The second-order valence-electron chi connectivity index (χ2n) is 10.4. The van der Waals surface area contributed by atoms with Gasteiger partial charge in [-0.3, -0.25) is 4.79 Å². The largest absolute Gasteiger partial charge is 0.390 e. The van der Waals surface area contributed by atoms with Crippen molar-refractivity contribution in [2.75, 3.05) is 29.9 Å². The van der Waals surface area contributed by atoms with Crippen LogP contribution in [-0.2, 0) is 0 Å². The molecule has 3 atom stereocenters. The van der Waals surface area contributed by atoms with Gasteiger partial charge in [-0.05, 0) is 46.1 Å². The van der Waals surface area contributed by atoms with Crippen molar-refractivity contribution in [3.63, 3.8) is 0 Å². The average molecular weight is 516 g/mol. The van der Waals surface area contributed by atoms with E-state index in [2.05, 4.69) is 16.4 Å². The molecule has 0 aromatic carbocycles. The fraction of sp³-hybridized carbons (Fsp3) is 0.481. The fourth-order valence-corrected chi connectivity index (χ4v) is 5.34. The second-order valence-corrected chi connectivity index (χ2v) is 10.4. The van der Waals surface area contributed by atoms with Crippen molar-refractivity contribution in [3.8, 4) is 6.07 Å². The van der Waals surface area contributed by atoms with Crippen LogP contribution in [0.15, 0.2) is 24.5 Å². The van der Waals surface area contributed by atoms with E-state index in [0.29, 0.717) is 42.2 Å². The topological polar surface area (TPSA) is 147 Å². The quantitative estimate of drug-likeness (QED) is 0.425. The summed E-state index contributed by atoms with van der Waals surface area (Å²) in [7, 11) is 0. The Morgan fingerprint density at radius 2 is 2.13 bits per heavy atom. The van der Waals surface area contributed by atoms with Crippen molar-refractivity contribution < 1.29 is 9.90 Å². The third-order valence-electron chi connectivity index (χ3n) is 7.23. The molecule has 2 saturated heterocycles. The second kappa shape index (κ2) is 10.4. The number of hydrogen-bond donors (Lipinski definition) is 3. The maximum absolute atomic E-state index is 13.7. The van der Waals surface area contributed by atoms with Crippen molar-refractivity contribution in [2.45, 2.75) is 58.2 Å². The van der Waals surface area contributed by atoms with Gasteiger partial charge in [-0.2, -0.15) is 10.4 Å². The molecule has 0 radical (unpaired) electrons. The number of aromatic nitrogens is 4. The van der Waals surface area contributed by atoms with Gasteiger partial charge in [-0.1, -0.05) is 0 Å². The van der Waals surface area contributed by atoms with E-state index in [-0.39, 0.29) is 18.0 Å². The number of anilines is 2. The first-order valence-corrected chi connectivity index (χ1v) is 13.1. The molecule has 38 heavy (non-hydrogen) atoms. The number of hydrogen-bond acceptors (Lipinski definition) is 9. The molecule has 3 aromatic rings. The molecule has 2 fully saturated rings. The number of aliphatic hydroxyl groups excluding tert-OH is 1. The number of aliphatic hydroxyl groups is 1. The van der Waals surface area contributed by atoms with E-state index in [4.69, 9.17) is 15.5 Å². The number of nitrogens with one attached hydrogen (secondary N) is 2. The summed E-state index contributed by atoms with van der Waals surface area (Å²) in [6, 6.07) is 5.77. The van der Waals surface area contributed by atoms with Crippen LogP contribution in [0.2, 0.25) is 0 Å². The molecule has 5 heterocycles. The van der Waals surface area contributed by atoms with E-state index in [1.165, 1.54) is 6.21 Å². The van der Waals surface area contributed by atoms with Crippen molar-refractivity contribution in [2.24, 2.45) is 5.92 Å². The smallest absolute Gasteiger partial charge is 0.256 e. The Kier molecular flexibility index (Phi) is 6.99. The lowest BCUT2D eigenvalue weighted by atomic mass is 9.98. The number of carbonyl (C=O) groups is 1. The first-order valence-electron chi connectivity index (χ1n) is 13.1. The molecular formula is C27H33N9O2. The first kappa shape index (κ1) is 25.6. The zero-order valence-electron chi connectivity index (χ0n) is 21.9. The highest BCUT2D eigenvalue weighted by Crippen LogP contribution is 2.33. The number of amides is 1. The van der Waals surface area contributed by atoms with Gasteiger partial charge < -0.3 is 25.6 Å². The molecule has 2 aliphatic heterocycles. The van der Waals surface area contributed by atoms with Gasteiger partial charge in [-0.25, -0.2) is 14.5 Å². The Bertz CT molecular complexity index is 1410. The minimum absolute atomic E-state index is 0.128. The van der Waals surface area contributed by atoms with E-state index in [1.54, 1.807) is 16.8 Å². The zero-order valence-corrected chi connectivity index (χ0v) is 21.9. The Balaban J connectivity index is 1.43. The number of nitriles is 1. The van der Waals surface area contributed by atoms with E-state index in [9.17, 15) is 15.2 Å². The number of rotatable bonds is 6. The molecule has 198 valence electrons. The Morgan fingerprint density at radius 1 is 1.32 bits per heavy atom.